The standard InChI is InChI=1S/C18H21FN4O2/c1-2-3-9-18(21-22-18)10-6-16(24)23-12-7-14(8-13-23)25-17-15(19)5-4-11-20-17/h1,4-5,11,14H,3,6-10,12-13H2. The molecule has 0 N–H and O–H groups in total. The number of nitrogens with zero attached hydrogens (tertiary/aromatic N) is 4. The Bertz CT molecular complexity index is 687. The van der Waals surface area contributed by atoms with E-state index >= 15 is 0 Å². The van der Waals surface area contributed by atoms with Crippen molar-refractivity contribution in [1.29, 1.82) is 0 Å². The molecule has 1 saturated heterocycles. The Morgan fingerprint density at radius 1 is 1.40 bits per heavy atom. The fourth-order valence-electron chi connectivity index (χ4n) is 2.97. The number of halogens is 1. The number of aromatic nitrogens is 1. The molecule has 0 bridgehead atoms. The number of terminal acetylenes is 1. The molecule has 0 saturated carbocycles. The maximum Gasteiger partial charge on any atom is 0.250 e. The molecule has 1 amide bonds. The van der Waals surface area contributed by atoms with E-state index in [1.54, 1.807) is 0 Å². The van der Waals surface area contributed by atoms with Crippen molar-refractivity contribution in [2.75, 3.05) is 13.1 Å². The second-order valence-electron chi connectivity index (χ2n) is 6.37. The summed E-state index contributed by atoms with van der Waals surface area (Å²) in [6.45, 7) is 1.20. The number of carbonyl (C=O) groups excluding carboxylic acids is 1. The third-order valence-corrected chi connectivity index (χ3v) is 4.59. The molecule has 1 aromatic rings. The van der Waals surface area contributed by atoms with Crippen LogP contribution in [0.4, 0.5) is 4.39 Å². The van der Waals surface area contributed by atoms with Gasteiger partial charge in [-0.2, -0.15) is 10.2 Å². The third-order valence-electron chi connectivity index (χ3n) is 4.59. The summed E-state index contributed by atoms with van der Waals surface area (Å²) in [5, 5.41) is 8.10. The maximum absolute atomic E-state index is 13.6. The molecular formula is C18H21FN4O2. The Labute approximate surface area is 146 Å². The van der Waals surface area contributed by atoms with E-state index in [2.05, 4.69) is 21.1 Å². The van der Waals surface area contributed by atoms with Crippen molar-refractivity contribution >= 4 is 5.91 Å². The first-order valence-electron chi connectivity index (χ1n) is 8.54. The molecular weight excluding hydrogens is 323 g/mol. The number of ether oxygens (including phenoxy) is 1. The van der Waals surface area contributed by atoms with Gasteiger partial charge in [-0.05, 0) is 12.1 Å². The molecule has 2 aliphatic rings. The van der Waals surface area contributed by atoms with E-state index < -0.39 is 11.5 Å². The van der Waals surface area contributed by atoms with Gasteiger partial charge in [0.05, 0.1) is 0 Å². The highest BCUT2D eigenvalue weighted by molar-refractivity contribution is 5.76. The van der Waals surface area contributed by atoms with Crippen molar-refractivity contribution in [3.63, 3.8) is 0 Å². The zero-order valence-electron chi connectivity index (χ0n) is 14.0. The predicted molar refractivity (Wildman–Crippen MR) is 89.3 cm³/mol. The number of hydrogen-bond acceptors (Lipinski definition) is 5. The van der Waals surface area contributed by atoms with Gasteiger partial charge in [0, 0.05) is 57.8 Å². The highest BCUT2D eigenvalue weighted by atomic mass is 19.1. The molecule has 3 heterocycles. The van der Waals surface area contributed by atoms with Crippen LogP contribution in [0.25, 0.3) is 0 Å². The fourth-order valence-corrected chi connectivity index (χ4v) is 2.97. The van der Waals surface area contributed by atoms with E-state index in [1.165, 1.54) is 18.3 Å². The Hall–Kier alpha value is -2.49. The average Bonchev–Trinajstić information content (AvgIpc) is 3.41. The summed E-state index contributed by atoms with van der Waals surface area (Å²) >= 11 is 0. The Balaban J connectivity index is 1.41. The summed E-state index contributed by atoms with van der Waals surface area (Å²) < 4.78 is 19.2. The monoisotopic (exact) mass is 344 g/mol. The highest BCUT2D eigenvalue weighted by Crippen LogP contribution is 2.37. The van der Waals surface area contributed by atoms with Crippen LogP contribution in [0.2, 0.25) is 0 Å². The van der Waals surface area contributed by atoms with Crippen molar-refractivity contribution in [2.24, 2.45) is 10.2 Å². The van der Waals surface area contributed by atoms with Gasteiger partial charge in [0.25, 0.3) is 5.88 Å². The van der Waals surface area contributed by atoms with Gasteiger partial charge in [-0.25, -0.2) is 9.37 Å². The van der Waals surface area contributed by atoms with E-state index in [0.717, 1.165) is 0 Å². The molecule has 132 valence electrons. The van der Waals surface area contributed by atoms with Gasteiger partial charge in [-0.1, -0.05) is 0 Å². The topological polar surface area (TPSA) is 67.2 Å². The van der Waals surface area contributed by atoms with E-state index in [-0.39, 0.29) is 17.9 Å². The lowest BCUT2D eigenvalue weighted by atomic mass is 10.0. The summed E-state index contributed by atoms with van der Waals surface area (Å²) in [6.07, 6.45) is 10.3. The first-order valence-corrected chi connectivity index (χ1v) is 8.54. The van der Waals surface area contributed by atoms with Crippen LogP contribution in [0.3, 0.4) is 0 Å². The lowest BCUT2D eigenvalue weighted by Gasteiger charge is -2.32. The third kappa shape index (κ3) is 4.53. The Morgan fingerprint density at radius 3 is 2.80 bits per heavy atom. The van der Waals surface area contributed by atoms with Crippen LogP contribution >= 0.6 is 0 Å². The second-order valence-corrected chi connectivity index (χ2v) is 6.37. The van der Waals surface area contributed by atoms with Gasteiger partial charge in [-0.3, -0.25) is 4.79 Å². The zero-order chi connectivity index (χ0) is 17.7. The molecule has 3 rings (SSSR count). The van der Waals surface area contributed by atoms with E-state index in [1.807, 2.05) is 4.90 Å². The second kappa shape index (κ2) is 7.60. The Kier molecular flexibility index (Phi) is 5.27. The zero-order valence-corrected chi connectivity index (χ0v) is 14.0. The smallest absolute Gasteiger partial charge is 0.250 e. The molecule has 6 nitrogen and oxygen atoms in total. The fraction of sp³-hybridized carbons (Fsp3) is 0.556. The van der Waals surface area contributed by atoms with Crippen LogP contribution in [0.15, 0.2) is 28.6 Å². The van der Waals surface area contributed by atoms with Gasteiger partial charge in [0.15, 0.2) is 11.5 Å². The maximum atomic E-state index is 13.6. The van der Waals surface area contributed by atoms with Gasteiger partial charge in [0.2, 0.25) is 5.91 Å². The van der Waals surface area contributed by atoms with Gasteiger partial charge >= 0.3 is 0 Å². The summed E-state index contributed by atoms with van der Waals surface area (Å²) in [7, 11) is 0. The lowest BCUT2D eigenvalue weighted by molar-refractivity contribution is -0.133. The van der Waals surface area contributed by atoms with E-state index in [9.17, 15) is 9.18 Å². The average molecular weight is 344 g/mol. The summed E-state index contributed by atoms with van der Waals surface area (Å²) in [5.74, 6) is 2.24. The SMILES string of the molecule is C#CCCC1(CCC(=O)N2CCC(Oc3ncccc3F)CC2)N=N1. The Morgan fingerprint density at radius 2 is 2.16 bits per heavy atom. The van der Waals surface area contributed by atoms with E-state index in [0.29, 0.717) is 51.6 Å². The minimum atomic E-state index is -0.463. The van der Waals surface area contributed by atoms with Gasteiger partial charge < -0.3 is 9.64 Å². The van der Waals surface area contributed by atoms with Crippen LogP contribution < -0.4 is 4.74 Å². The summed E-state index contributed by atoms with van der Waals surface area (Å²) in [4.78, 5) is 18.1. The van der Waals surface area contributed by atoms with Gasteiger partial charge in [0.1, 0.15) is 6.10 Å². The van der Waals surface area contributed by atoms with Gasteiger partial charge in [-0.15, -0.1) is 12.3 Å². The van der Waals surface area contributed by atoms with Crippen LogP contribution in [0, 0.1) is 18.2 Å². The molecule has 0 radical (unpaired) electrons. The van der Waals surface area contributed by atoms with Crippen molar-refractivity contribution in [2.45, 2.75) is 50.3 Å². The molecule has 1 fully saturated rings. The summed E-state index contributed by atoms with van der Waals surface area (Å²) in [6, 6.07) is 2.85. The normalized spacial score (nSPS) is 18.6. The number of pyridine rings is 1. The van der Waals surface area contributed by atoms with Crippen LogP contribution in [-0.2, 0) is 4.79 Å². The van der Waals surface area contributed by atoms with Crippen LogP contribution in [0.5, 0.6) is 5.88 Å². The first-order chi connectivity index (χ1) is 12.1. The van der Waals surface area contributed by atoms with Crippen molar-refractivity contribution in [3.8, 4) is 18.2 Å². The van der Waals surface area contributed by atoms with Crippen molar-refractivity contribution in [1.82, 2.24) is 9.88 Å². The minimum Gasteiger partial charge on any atom is -0.472 e. The predicted octanol–water partition coefficient (Wildman–Crippen LogP) is 2.95. The van der Waals surface area contributed by atoms with E-state index in [4.69, 9.17) is 11.2 Å². The molecule has 0 spiro atoms. The molecule has 7 heteroatoms. The molecule has 0 aliphatic carbocycles. The molecule has 0 unspecified atom stereocenters. The van der Waals surface area contributed by atoms with Crippen molar-refractivity contribution in [3.05, 3.63) is 24.1 Å². The number of hydrogen-bond donors (Lipinski definition) is 0. The number of amides is 1. The number of carbonyl (C=O) groups is 1. The highest BCUT2D eigenvalue weighted by Gasteiger charge is 2.39. The molecule has 2 aliphatic heterocycles. The van der Waals surface area contributed by atoms with Crippen LogP contribution in [0.1, 0.15) is 38.5 Å². The molecule has 0 atom stereocenters. The number of likely N-dealkylation sites (tertiary alicyclic amines) is 1. The van der Waals surface area contributed by atoms with Crippen molar-refractivity contribution < 1.29 is 13.9 Å². The largest absolute Gasteiger partial charge is 0.472 e. The number of piperidine rings is 1. The molecule has 25 heavy (non-hydrogen) atoms. The van der Waals surface area contributed by atoms with Crippen LogP contribution in [-0.4, -0.2) is 40.6 Å². The molecule has 1 aromatic heterocycles. The summed E-state index contributed by atoms with van der Waals surface area (Å²) in [5.41, 5.74) is -0.417. The minimum absolute atomic E-state index is 0.0275. The lowest BCUT2D eigenvalue weighted by Crippen LogP contribution is -2.42. The first kappa shape index (κ1) is 17.3. The number of rotatable bonds is 7. The molecule has 0 aromatic carbocycles. The quantitative estimate of drug-likeness (QED) is 0.714.